The van der Waals surface area contributed by atoms with E-state index in [2.05, 4.69) is 19.7 Å². The van der Waals surface area contributed by atoms with Crippen LogP contribution in [0, 0.1) is 6.92 Å². The van der Waals surface area contributed by atoms with Crippen molar-refractivity contribution in [1.82, 2.24) is 10.3 Å². The molecule has 102 valence electrons. The van der Waals surface area contributed by atoms with E-state index in [0.29, 0.717) is 11.6 Å². The zero-order valence-electron chi connectivity index (χ0n) is 10.9. The molecule has 0 bridgehead atoms. The highest BCUT2D eigenvalue weighted by atomic mass is 32.2. The number of aryl methyl sites for hydroxylation is 1. The van der Waals surface area contributed by atoms with Crippen molar-refractivity contribution in [3.05, 3.63) is 35.5 Å². The van der Waals surface area contributed by atoms with E-state index in [1.54, 1.807) is 31.2 Å². The third kappa shape index (κ3) is 2.93. The second kappa shape index (κ2) is 5.00. The number of nitrogens with one attached hydrogen (secondary N) is 1. The molecule has 0 aliphatic carbocycles. The minimum absolute atomic E-state index is 0.105. The lowest BCUT2D eigenvalue weighted by molar-refractivity contribution is 0.306. The standard InChI is InChI=1S/C12H15N3O3S/c1-8(2)10-4-6-11(7-5-10)19(16,17)15-12-9(3)13-18-14-12/h4-8H,1-3H3,(H,14,15). The average Bonchev–Trinajstić information content (AvgIpc) is 2.74. The summed E-state index contributed by atoms with van der Waals surface area (Å²) in [5.74, 6) is 0.458. The number of aromatic nitrogens is 2. The molecule has 0 saturated heterocycles. The van der Waals surface area contributed by atoms with Crippen molar-refractivity contribution >= 4 is 15.8 Å². The third-order valence-electron chi connectivity index (χ3n) is 2.74. The first-order valence-corrected chi connectivity index (χ1v) is 7.30. The van der Waals surface area contributed by atoms with Crippen molar-refractivity contribution < 1.29 is 13.0 Å². The van der Waals surface area contributed by atoms with Gasteiger partial charge < -0.3 is 0 Å². The highest BCUT2D eigenvalue weighted by Gasteiger charge is 2.18. The van der Waals surface area contributed by atoms with Crippen LogP contribution in [0.1, 0.15) is 31.0 Å². The Morgan fingerprint density at radius 3 is 2.26 bits per heavy atom. The van der Waals surface area contributed by atoms with Crippen LogP contribution in [0.15, 0.2) is 33.8 Å². The summed E-state index contributed by atoms with van der Waals surface area (Å²) in [6, 6.07) is 6.74. The molecular weight excluding hydrogens is 266 g/mol. The van der Waals surface area contributed by atoms with Crippen LogP contribution < -0.4 is 4.72 Å². The zero-order valence-corrected chi connectivity index (χ0v) is 11.7. The maximum atomic E-state index is 12.1. The number of nitrogens with zero attached hydrogens (tertiary/aromatic N) is 2. The molecular formula is C12H15N3O3S. The molecule has 1 N–H and O–H groups in total. The quantitative estimate of drug-likeness (QED) is 0.929. The van der Waals surface area contributed by atoms with E-state index >= 15 is 0 Å². The summed E-state index contributed by atoms with van der Waals surface area (Å²) < 4.78 is 31.0. The van der Waals surface area contributed by atoms with Gasteiger partial charge in [-0.1, -0.05) is 31.1 Å². The highest BCUT2D eigenvalue weighted by molar-refractivity contribution is 7.92. The molecule has 1 aromatic carbocycles. The highest BCUT2D eigenvalue weighted by Crippen LogP contribution is 2.19. The van der Waals surface area contributed by atoms with E-state index in [0.717, 1.165) is 5.56 Å². The number of hydrogen-bond donors (Lipinski definition) is 1. The summed E-state index contributed by atoms with van der Waals surface area (Å²) in [5.41, 5.74) is 1.47. The van der Waals surface area contributed by atoms with Gasteiger partial charge in [0.25, 0.3) is 10.0 Å². The van der Waals surface area contributed by atoms with Gasteiger partial charge in [-0.05, 0) is 35.7 Å². The maximum absolute atomic E-state index is 12.1. The molecule has 0 fully saturated rings. The number of rotatable bonds is 4. The van der Waals surface area contributed by atoms with Gasteiger partial charge in [0.15, 0.2) is 0 Å². The Morgan fingerprint density at radius 2 is 1.79 bits per heavy atom. The third-order valence-corrected chi connectivity index (χ3v) is 4.10. The molecule has 1 heterocycles. The summed E-state index contributed by atoms with van der Waals surface area (Å²) in [5, 5.41) is 7.01. The first-order valence-electron chi connectivity index (χ1n) is 5.82. The number of benzene rings is 1. The van der Waals surface area contributed by atoms with E-state index in [-0.39, 0.29) is 10.7 Å². The Bertz CT molecular complexity index is 660. The van der Waals surface area contributed by atoms with Crippen molar-refractivity contribution in [2.75, 3.05) is 4.72 Å². The fourth-order valence-electron chi connectivity index (χ4n) is 1.54. The molecule has 0 saturated carbocycles. The van der Waals surface area contributed by atoms with Crippen molar-refractivity contribution in [1.29, 1.82) is 0 Å². The molecule has 0 unspecified atom stereocenters. The summed E-state index contributed by atoms with van der Waals surface area (Å²) >= 11 is 0. The Balaban J connectivity index is 2.27. The van der Waals surface area contributed by atoms with Gasteiger partial charge in [0.05, 0.1) is 4.90 Å². The predicted molar refractivity (Wildman–Crippen MR) is 70.4 cm³/mol. The molecule has 2 rings (SSSR count). The van der Waals surface area contributed by atoms with Crippen LogP contribution >= 0.6 is 0 Å². The summed E-state index contributed by atoms with van der Waals surface area (Å²) in [6.07, 6.45) is 0. The molecule has 0 spiro atoms. The van der Waals surface area contributed by atoms with Crippen LogP contribution in [0.25, 0.3) is 0 Å². The van der Waals surface area contributed by atoms with Crippen LogP contribution in [-0.2, 0) is 10.0 Å². The fourth-order valence-corrected chi connectivity index (χ4v) is 2.59. The Labute approximate surface area is 111 Å². The zero-order chi connectivity index (χ0) is 14.0. The van der Waals surface area contributed by atoms with E-state index in [9.17, 15) is 8.42 Å². The molecule has 0 radical (unpaired) electrons. The van der Waals surface area contributed by atoms with Gasteiger partial charge in [0.2, 0.25) is 5.82 Å². The number of hydrogen-bond acceptors (Lipinski definition) is 5. The van der Waals surface area contributed by atoms with Gasteiger partial charge in [-0.25, -0.2) is 13.0 Å². The number of sulfonamides is 1. The number of anilines is 1. The Hall–Kier alpha value is -1.89. The largest absolute Gasteiger partial charge is 0.263 e. The molecule has 0 atom stereocenters. The molecule has 0 amide bonds. The van der Waals surface area contributed by atoms with Crippen molar-refractivity contribution in [3.8, 4) is 0 Å². The predicted octanol–water partition coefficient (Wildman–Crippen LogP) is 2.30. The average molecular weight is 281 g/mol. The van der Waals surface area contributed by atoms with Crippen LogP contribution in [0.5, 0.6) is 0 Å². The monoisotopic (exact) mass is 281 g/mol. The molecule has 0 aliphatic heterocycles. The van der Waals surface area contributed by atoms with E-state index in [4.69, 9.17) is 0 Å². The molecule has 1 aromatic heterocycles. The van der Waals surface area contributed by atoms with E-state index in [1.165, 1.54) is 0 Å². The first kappa shape index (κ1) is 13.5. The topological polar surface area (TPSA) is 85.1 Å². The molecule has 2 aromatic rings. The lowest BCUT2D eigenvalue weighted by Crippen LogP contribution is -2.14. The van der Waals surface area contributed by atoms with Crippen LogP contribution in [-0.4, -0.2) is 18.7 Å². The molecule has 0 aliphatic rings. The van der Waals surface area contributed by atoms with Crippen molar-refractivity contribution in [2.45, 2.75) is 31.6 Å². The summed E-state index contributed by atoms with van der Waals surface area (Å²) in [4.78, 5) is 0.180. The van der Waals surface area contributed by atoms with Crippen LogP contribution in [0.3, 0.4) is 0 Å². The van der Waals surface area contributed by atoms with Crippen LogP contribution in [0.2, 0.25) is 0 Å². The lowest BCUT2D eigenvalue weighted by Gasteiger charge is -2.08. The van der Waals surface area contributed by atoms with E-state index < -0.39 is 10.0 Å². The van der Waals surface area contributed by atoms with Crippen LogP contribution in [0.4, 0.5) is 5.82 Å². The lowest BCUT2D eigenvalue weighted by atomic mass is 10.0. The van der Waals surface area contributed by atoms with Gasteiger partial charge >= 0.3 is 0 Å². The van der Waals surface area contributed by atoms with Gasteiger partial charge in [-0.2, -0.15) is 0 Å². The van der Waals surface area contributed by atoms with Gasteiger partial charge in [-0.3, -0.25) is 4.72 Å². The smallest absolute Gasteiger partial charge is 0.259 e. The van der Waals surface area contributed by atoms with Crippen molar-refractivity contribution in [3.63, 3.8) is 0 Å². The minimum atomic E-state index is -3.66. The van der Waals surface area contributed by atoms with Gasteiger partial charge in [0, 0.05) is 0 Å². The maximum Gasteiger partial charge on any atom is 0.263 e. The molecule has 7 heteroatoms. The summed E-state index contributed by atoms with van der Waals surface area (Å²) in [6.45, 7) is 5.70. The van der Waals surface area contributed by atoms with Gasteiger partial charge in [0.1, 0.15) is 5.69 Å². The first-order chi connectivity index (χ1) is 8.90. The Kier molecular flexibility index (Phi) is 3.57. The summed E-state index contributed by atoms with van der Waals surface area (Å²) in [7, 11) is -3.66. The minimum Gasteiger partial charge on any atom is -0.259 e. The van der Waals surface area contributed by atoms with E-state index in [1.807, 2.05) is 13.8 Å². The SMILES string of the molecule is Cc1nonc1NS(=O)(=O)c1ccc(C(C)C)cc1. The fraction of sp³-hybridized carbons (Fsp3) is 0.333. The second-order valence-corrected chi connectivity index (χ2v) is 6.21. The Morgan fingerprint density at radius 1 is 1.16 bits per heavy atom. The normalized spacial score (nSPS) is 11.8. The molecule has 6 nitrogen and oxygen atoms in total. The second-order valence-electron chi connectivity index (χ2n) is 4.53. The van der Waals surface area contributed by atoms with Gasteiger partial charge in [-0.15, -0.1) is 0 Å². The van der Waals surface area contributed by atoms with Crippen molar-refractivity contribution in [2.24, 2.45) is 0 Å². The molecule has 19 heavy (non-hydrogen) atoms.